The number of carbonyl (C=O) groups excluding carboxylic acids is 1. The third-order valence-corrected chi connectivity index (χ3v) is 3.04. The van der Waals surface area contributed by atoms with Crippen LogP contribution in [0, 0.1) is 0 Å². The van der Waals surface area contributed by atoms with Gasteiger partial charge in [-0.15, -0.1) is 0 Å². The van der Waals surface area contributed by atoms with E-state index in [1.165, 1.54) is 6.07 Å². The molecule has 0 bridgehead atoms. The Morgan fingerprint density at radius 1 is 1.04 bits per heavy atom. The van der Waals surface area contributed by atoms with E-state index in [0.29, 0.717) is 16.9 Å². The molecular formula is C16H15F3N2O2. The van der Waals surface area contributed by atoms with Crippen molar-refractivity contribution in [2.75, 3.05) is 17.2 Å². The van der Waals surface area contributed by atoms with E-state index in [2.05, 4.69) is 10.6 Å². The largest absolute Gasteiger partial charge is 0.416 e. The Balaban J connectivity index is 2.04. The van der Waals surface area contributed by atoms with E-state index in [1.54, 1.807) is 30.3 Å². The maximum absolute atomic E-state index is 12.7. The van der Waals surface area contributed by atoms with Crippen LogP contribution in [0.5, 0.6) is 0 Å². The van der Waals surface area contributed by atoms with Crippen LogP contribution in [0.4, 0.5) is 24.5 Å². The predicted molar refractivity (Wildman–Crippen MR) is 80.9 cm³/mol. The van der Waals surface area contributed by atoms with Gasteiger partial charge in [0.05, 0.1) is 5.56 Å². The number of benzene rings is 2. The Bertz CT molecular complexity index is 687. The van der Waals surface area contributed by atoms with Gasteiger partial charge in [-0.25, -0.2) is 0 Å². The summed E-state index contributed by atoms with van der Waals surface area (Å²) in [5.41, 5.74) is 0.918. The Labute approximate surface area is 131 Å². The van der Waals surface area contributed by atoms with E-state index >= 15 is 0 Å². The first-order chi connectivity index (χ1) is 10.9. The number of nitrogens with one attached hydrogen (secondary N) is 2. The smallest absolute Gasteiger partial charge is 0.387 e. The summed E-state index contributed by atoms with van der Waals surface area (Å²) < 4.78 is 38.0. The van der Waals surface area contributed by atoms with Gasteiger partial charge < -0.3 is 15.7 Å². The minimum Gasteiger partial charge on any atom is -0.387 e. The summed E-state index contributed by atoms with van der Waals surface area (Å²) >= 11 is 0. The zero-order chi connectivity index (χ0) is 16.9. The molecule has 7 heteroatoms. The first-order valence-corrected chi connectivity index (χ1v) is 6.79. The highest BCUT2D eigenvalue weighted by molar-refractivity contribution is 5.91. The number of halogens is 3. The third kappa shape index (κ3) is 5.00. The van der Waals surface area contributed by atoms with Gasteiger partial charge in [0.25, 0.3) is 0 Å². The second kappa shape index (κ2) is 7.15. The van der Waals surface area contributed by atoms with E-state index in [4.69, 9.17) is 5.11 Å². The fraction of sp³-hybridized carbons (Fsp3) is 0.188. The molecule has 0 saturated heterocycles. The highest BCUT2D eigenvalue weighted by Crippen LogP contribution is 2.29. The minimum absolute atomic E-state index is 0.210. The van der Waals surface area contributed by atoms with Crippen molar-refractivity contribution in [3.8, 4) is 0 Å². The predicted octanol–water partition coefficient (Wildman–Crippen LogP) is 3.25. The molecule has 0 unspecified atom stereocenters. The van der Waals surface area contributed by atoms with E-state index in [-0.39, 0.29) is 6.54 Å². The molecule has 122 valence electrons. The molecule has 0 aromatic heterocycles. The molecule has 0 aliphatic heterocycles. The molecule has 0 aliphatic rings. The lowest BCUT2D eigenvalue weighted by Crippen LogP contribution is -2.15. The number of alkyl halides is 3. The van der Waals surface area contributed by atoms with E-state index in [0.717, 1.165) is 12.1 Å². The Morgan fingerprint density at radius 2 is 1.74 bits per heavy atom. The molecule has 2 aromatic carbocycles. The highest BCUT2D eigenvalue weighted by atomic mass is 19.4. The van der Waals surface area contributed by atoms with Crippen LogP contribution in [0.25, 0.3) is 0 Å². The van der Waals surface area contributed by atoms with Crippen molar-refractivity contribution >= 4 is 17.3 Å². The van der Waals surface area contributed by atoms with Crippen LogP contribution in [0.2, 0.25) is 0 Å². The van der Waals surface area contributed by atoms with Gasteiger partial charge in [-0.1, -0.05) is 18.2 Å². The summed E-state index contributed by atoms with van der Waals surface area (Å²) in [4.78, 5) is 11.1. The molecular weight excluding hydrogens is 309 g/mol. The Hall–Kier alpha value is -2.54. The van der Waals surface area contributed by atoms with Gasteiger partial charge in [0.1, 0.15) is 6.61 Å². The second-order valence-electron chi connectivity index (χ2n) is 4.84. The fourth-order valence-corrected chi connectivity index (χ4v) is 1.97. The number of aliphatic hydroxyl groups excluding tert-OH is 1. The SMILES string of the molecule is O=C(CO)Nc1cccc(NCc2cccc(C(F)(F)F)c2)c1. The molecule has 2 aromatic rings. The standard InChI is InChI=1S/C16H15F3N2O2/c17-16(18,19)12-4-1-3-11(7-12)9-20-13-5-2-6-14(8-13)21-15(23)10-22/h1-8,20,22H,9-10H2,(H,21,23). The van der Waals surface area contributed by atoms with Gasteiger partial charge in [-0.3, -0.25) is 4.79 Å². The number of rotatable bonds is 5. The topological polar surface area (TPSA) is 61.4 Å². The zero-order valence-electron chi connectivity index (χ0n) is 12.0. The molecule has 0 heterocycles. The average molecular weight is 324 g/mol. The maximum atomic E-state index is 12.7. The van der Waals surface area contributed by atoms with Gasteiger partial charge in [-0.2, -0.15) is 13.2 Å². The fourth-order valence-electron chi connectivity index (χ4n) is 1.97. The summed E-state index contributed by atoms with van der Waals surface area (Å²) in [6.45, 7) is -0.413. The molecule has 0 fully saturated rings. The maximum Gasteiger partial charge on any atom is 0.416 e. The van der Waals surface area contributed by atoms with Crippen molar-refractivity contribution in [3.63, 3.8) is 0 Å². The van der Waals surface area contributed by atoms with Crippen LogP contribution in [0.3, 0.4) is 0 Å². The molecule has 0 spiro atoms. The lowest BCUT2D eigenvalue weighted by atomic mass is 10.1. The van der Waals surface area contributed by atoms with Crippen molar-refractivity contribution in [1.29, 1.82) is 0 Å². The lowest BCUT2D eigenvalue weighted by molar-refractivity contribution is -0.137. The number of amides is 1. The van der Waals surface area contributed by atoms with Crippen LogP contribution in [0.15, 0.2) is 48.5 Å². The van der Waals surface area contributed by atoms with Crippen molar-refractivity contribution in [3.05, 3.63) is 59.7 Å². The third-order valence-electron chi connectivity index (χ3n) is 3.04. The quantitative estimate of drug-likeness (QED) is 0.791. The van der Waals surface area contributed by atoms with E-state index < -0.39 is 24.3 Å². The average Bonchev–Trinajstić information content (AvgIpc) is 2.52. The van der Waals surface area contributed by atoms with Gasteiger partial charge >= 0.3 is 6.18 Å². The van der Waals surface area contributed by atoms with E-state index in [9.17, 15) is 18.0 Å². The van der Waals surface area contributed by atoms with Crippen LogP contribution in [-0.2, 0) is 17.5 Å². The van der Waals surface area contributed by atoms with Crippen LogP contribution < -0.4 is 10.6 Å². The number of hydrogen-bond acceptors (Lipinski definition) is 3. The second-order valence-corrected chi connectivity index (χ2v) is 4.84. The molecule has 0 aliphatic carbocycles. The molecule has 4 nitrogen and oxygen atoms in total. The summed E-state index contributed by atoms with van der Waals surface area (Å²) in [5.74, 6) is -0.542. The normalized spacial score (nSPS) is 11.1. The van der Waals surface area contributed by atoms with Crippen LogP contribution in [0.1, 0.15) is 11.1 Å². The first kappa shape index (κ1) is 16.8. The first-order valence-electron chi connectivity index (χ1n) is 6.79. The number of anilines is 2. The zero-order valence-corrected chi connectivity index (χ0v) is 12.0. The van der Waals surface area contributed by atoms with Crippen molar-refractivity contribution in [1.82, 2.24) is 0 Å². The van der Waals surface area contributed by atoms with Gasteiger partial charge in [0, 0.05) is 17.9 Å². The van der Waals surface area contributed by atoms with Crippen LogP contribution in [-0.4, -0.2) is 17.6 Å². The van der Waals surface area contributed by atoms with Gasteiger partial charge in [0.2, 0.25) is 5.91 Å². The minimum atomic E-state index is -4.37. The van der Waals surface area contributed by atoms with E-state index in [1.807, 2.05) is 0 Å². The molecule has 0 atom stereocenters. The Kier molecular flexibility index (Phi) is 5.23. The van der Waals surface area contributed by atoms with Gasteiger partial charge in [-0.05, 0) is 35.9 Å². The van der Waals surface area contributed by atoms with Crippen LogP contribution >= 0.6 is 0 Å². The van der Waals surface area contributed by atoms with Crippen molar-refractivity contribution in [2.45, 2.75) is 12.7 Å². The molecule has 0 radical (unpaired) electrons. The summed E-state index contributed by atoms with van der Waals surface area (Å²) in [6, 6.07) is 11.7. The van der Waals surface area contributed by atoms with Gasteiger partial charge in [0.15, 0.2) is 0 Å². The molecule has 3 N–H and O–H groups in total. The number of carbonyl (C=O) groups is 1. The summed E-state index contributed by atoms with van der Waals surface area (Å²) in [7, 11) is 0. The number of hydrogen-bond donors (Lipinski definition) is 3. The summed E-state index contributed by atoms with van der Waals surface area (Å²) in [5, 5.41) is 14.2. The molecule has 1 amide bonds. The lowest BCUT2D eigenvalue weighted by Gasteiger charge is -2.11. The monoisotopic (exact) mass is 324 g/mol. The Morgan fingerprint density at radius 3 is 2.43 bits per heavy atom. The molecule has 0 saturated carbocycles. The highest BCUT2D eigenvalue weighted by Gasteiger charge is 2.30. The number of aliphatic hydroxyl groups is 1. The van der Waals surface area contributed by atoms with Crippen molar-refractivity contribution < 1.29 is 23.1 Å². The van der Waals surface area contributed by atoms with Crippen molar-refractivity contribution in [2.24, 2.45) is 0 Å². The molecule has 2 rings (SSSR count). The summed E-state index contributed by atoms with van der Waals surface area (Å²) in [6.07, 6.45) is -4.37. The molecule has 23 heavy (non-hydrogen) atoms.